The lowest BCUT2D eigenvalue weighted by atomic mass is 10.3. The highest BCUT2D eigenvalue weighted by Gasteiger charge is 2.29. The van der Waals surface area contributed by atoms with Gasteiger partial charge in [0.2, 0.25) is 0 Å². The molecule has 0 spiro atoms. The summed E-state index contributed by atoms with van der Waals surface area (Å²) in [5.74, 6) is 7.76. The van der Waals surface area contributed by atoms with E-state index in [4.69, 9.17) is 5.84 Å². The van der Waals surface area contributed by atoms with Gasteiger partial charge in [0.1, 0.15) is 16.7 Å². The highest BCUT2D eigenvalue weighted by Crippen LogP contribution is 2.41. The number of hydrazine groups is 1. The van der Waals surface area contributed by atoms with E-state index in [0.717, 1.165) is 22.2 Å². The number of hydrogen-bond donors (Lipinski definition) is 2. The molecule has 0 aliphatic heterocycles. The van der Waals surface area contributed by atoms with Crippen molar-refractivity contribution in [2.45, 2.75) is 56.2 Å². The molecule has 3 N–H and O–H groups in total. The van der Waals surface area contributed by atoms with Crippen molar-refractivity contribution in [2.24, 2.45) is 5.84 Å². The fraction of sp³-hybridized carbons (Fsp3) is 0.667. The maximum Gasteiger partial charge on any atom is 0.147 e. The summed E-state index contributed by atoms with van der Waals surface area (Å²) < 4.78 is 0.145. The molecule has 5 heteroatoms. The lowest BCUT2D eigenvalue weighted by molar-refractivity contribution is 0.790. The Kier molecular flexibility index (Phi) is 3.32. The fourth-order valence-electron chi connectivity index (χ4n) is 1.57. The third kappa shape index (κ3) is 3.10. The monoisotopic (exact) mass is 252 g/mol. The fourth-order valence-corrected chi connectivity index (χ4v) is 2.54. The van der Waals surface area contributed by atoms with Crippen molar-refractivity contribution < 1.29 is 0 Å². The van der Waals surface area contributed by atoms with E-state index in [1.165, 1.54) is 12.8 Å². The van der Waals surface area contributed by atoms with Crippen LogP contribution in [0.5, 0.6) is 0 Å². The van der Waals surface area contributed by atoms with Crippen LogP contribution in [-0.4, -0.2) is 14.7 Å². The number of nitrogens with one attached hydrogen (secondary N) is 1. The summed E-state index contributed by atoms with van der Waals surface area (Å²) in [6.07, 6.45) is 2.40. The number of rotatable bonds is 3. The molecule has 1 aliphatic carbocycles. The van der Waals surface area contributed by atoms with Crippen LogP contribution in [0.1, 0.15) is 50.9 Å². The molecule has 0 bridgehead atoms. The zero-order valence-corrected chi connectivity index (χ0v) is 11.7. The molecular formula is C12H20N4S. The molecular weight excluding hydrogens is 232 g/mol. The van der Waals surface area contributed by atoms with Crippen molar-refractivity contribution in [1.29, 1.82) is 0 Å². The van der Waals surface area contributed by atoms with Gasteiger partial charge < -0.3 is 5.43 Å². The highest BCUT2D eigenvalue weighted by molar-refractivity contribution is 8.00. The standard InChI is InChI=1S/C12H20N4S/c1-7-9(16-13)14-10(8-5-6-8)15-11(7)17-12(2,3)4/h8H,5-6,13H2,1-4H3,(H,14,15,16). The summed E-state index contributed by atoms with van der Waals surface area (Å²) in [6, 6.07) is 0. The van der Waals surface area contributed by atoms with Crippen molar-refractivity contribution in [1.82, 2.24) is 9.97 Å². The minimum Gasteiger partial charge on any atom is -0.308 e. The van der Waals surface area contributed by atoms with Crippen LogP contribution in [0.2, 0.25) is 0 Å². The van der Waals surface area contributed by atoms with E-state index in [-0.39, 0.29) is 4.75 Å². The van der Waals surface area contributed by atoms with E-state index < -0.39 is 0 Å². The largest absolute Gasteiger partial charge is 0.308 e. The number of nitrogen functional groups attached to an aromatic ring is 1. The molecule has 4 nitrogen and oxygen atoms in total. The molecule has 17 heavy (non-hydrogen) atoms. The first-order chi connectivity index (χ1) is 7.90. The third-order valence-electron chi connectivity index (χ3n) is 2.60. The number of anilines is 1. The van der Waals surface area contributed by atoms with Gasteiger partial charge in [-0.1, -0.05) is 20.8 Å². The van der Waals surface area contributed by atoms with E-state index in [9.17, 15) is 0 Å². The van der Waals surface area contributed by atoms with Gasteiger partial charge >= 0.3 is 0 Å². The SMILES string of the molecule is Cc1c(NN)nc(C2CC2)nc1SC(C)(C)C. The van der Waals surface area contributed by atoms with E-state index in [1.807, 2.05) is 6.92 Å². The molecule has 0 aromatic carbocycles. The van der Waals surface area contributed by atoms with Gasteiger partial charge in [0.25, 0.3) is 0 Å². The Balaban J connectivity index is 2.37. The number of thioether (sulfide) groups is 1. The summed E-state index contributed by atoms with van der Waals surface area (Å²) >= 11 is 1.77. The number of nitrogens with two attached hydrogens (primary N) is 1. The first kappa shape index (κ1) is 12.6. The highest BCUT2D eigenvalue weighted by atomic mass is 32.2. The van der Waals surface area contributed by atoms with Gasteiger partial charge in [0.05, 0.1) is 0 Å². The van der Waals surface area contributed by atoms with Gasteiger partial charge in [-0.25, -0.2) is 15.8 Å². The van der Waals surface area contributed by atoms with Crippen LogP contribution in [0.4, 0.5) is 5.82 Å². The first-order valence-corrected chi connectivity index (χ1v) is 6.76. The molecule has 94 valence electrons. The molecule has 1 aliphatic rings. The van der Waals surface area contributed by atoms with Gasteiger partial charge in [-0.15, -0.1) is 11.8 Å². The Hall–Kier alpha value is -0.810. The van der Waals surface area contributed by atoms with Crippen LogP contribution < -0.4 is 11.3 Å². The normalized spacial score (nSPS) is 16.1. The van der Waals surface area contributed by atoms with E-state index in [2.05, 4.69) is 36.2 Å². The average molecular weight is 252 g/mol. The molecule has 0 saturated heterocycles. The van der Waals surface area contributed by atoms with Crippen LogP contribution in [0.25, 0.3) is 0 Å². The second-order valence-corrected chi connectivity index (χ2v) is 7.31. The molecule has 0 unspecified atom stereocenters. The number of nitrogens with zero attached hydrogens (tertiary/aromatic N) is 2. The minimum atomic E-state index is 0.145. The lowest BCUT2D eigenvalue weighted by Gasteiger charge is -2.19. The Labute approximate surface area is 107 Å². The lowest BCUT2D eigenvalue weighted by Crippen LogP contribution is -2.15. The van der Waals surface area contributed by atoms with E-state index in [0.29, 0.717) is 5.92 Å². The van der Waals surface area contributed by atoms with Crippen LogP contribution in [-0.2, 0) is 0 Å². The smallest absolute Gasteiger partial charge is 0.147 e. The quantitative estimate of drug-likeness (QED) is 0.375. The van der Waals surface area contributed by atoms with Crippen LogP contribution in [0, 0.1) is 6.92 Å². The summed E-state index contributed by atoms with van der Waals surface area (Å²) in [4.78, 5) is 9.17. The van der Waals surface area contributed by atoms with Gasteiger partial charge in [0.15, 0.2) is 0 Å². The molecule has 0 amide bonds. The third-order valence-corrected chi connectivity index (χ3v) is 3.80. The van der Waals surface area contributed by atoms with Gasteiger partial charge in [-0.3, -0.25) is 0 Å². The average Bonchev–Trinajstić information content (AvgIpc) is 3.02. The molecule has 0 atom stereocenters. The summed E-state index contributed by atoms with van der Waals surface area (Å²) in [6.45, 7) is 8.57. The Morgan fingerprint density at radius 2 is 1.94 bits per heavy atom. The molecule has 1 aromatic heterocycles. The second-order valence-electron chi connectivity index (χ2n) is 5.49. The second kappa shape index (κ2) is 4.46. The van der Waals surface area contributed by atoms with Crippen LogP contribution >= 0.6 is 11.8 Å². The molecule has 1 saturated carbocycles. The summed E-state index contributed by atoms with van der Waals surface area (Å²) in [7, 11) is 0. The molecule has 1 heterocycles. The van der Waals surface area contributed by atoms with Gasteiger partial charge in [0, 0.05) is 16.2 Å². The Morgan fingerprint density at radius 3 is 2.41 bits per heavy atom. The van der Waals surface area contributed by atoms with Crippen LogP contribution in [0.3, 0.4) is 0 Å². The number of aromatic nitrogens is 2. The minimum absolute atomic E-state index is 0.145. The van der Waals surface area contributed by atoms with Gasteiger partial charge in [-0.05, 0) is 19.8 Å². The molecule has 1 fully saturated rings. The predicted molar refractivity (Wildman–Crippen MR) is 72.2 cm³/mol. The van der Waals surface area contributed by atoms with Crippen molar-refractivity contribution in [3.05, 3.63) is 11.4 Å². The maximum absolute atomic E-state index is 5.52. The van der Waals surface area contributed by atoms with E-state index in [1.54, 1.807) is 11.8 Å². The molecule has 0 radical (unpaired) electrons. The summed E-state index contributed by atoms with van der Waals surface area (Å²) in [5, 5.41) is 1.04. The maximum atomic E-state index is 5.52. The molecule has 2 rings (SSSR count). The zero-order chi connectivity index (χ0) is 12.6. The van der Waals surface area contributed by atoms with Crippen molar-refractivity contribution in [3.63, 3.8) is 0 Å². The van der Waals surface area contributed by atoms with Gasteiger partial charge in [-0.2, -0.15) is 0 Å². The van der Waals surface area contributed by atoms with Crippen molar-refractivity contribution >= 4 is 17.6 Å². The Morgan fingerprint density at radius 1 is 1.29 bits per heavy atom. The van der Waals surface area contributed by atoms with E-state index >= 15 is 0 Å². The zero-order valence-electron chi connectivity index (χ0n) is 10.9. The van der Waals surface area contributed by atoms with Crippen molar-refractivity contribution in [2.75, 3.05) is 5.43 Å². The predicted octanol–water partition coefficient (Wildman–Crippen LogP) is 2.84. The summed E-state index contributed by atoms with van der Waals surface area (Å²) in [5.41, 5.74) is 3.72. The topological polar surface area (TPSA) is 63.8 Å². The number of hydrogen-bond acceptors (Lipinski definition) is 5. The first-order valence-electron chi connectivity index (χ1n) is 5.95. The Bertz CT molecular complexity index is 421. The van der Waals surface area contributed by atoms with Crippen LogP contribution in [0.15, 0.2) is 5.03 Å². The van der Waals surface area contributed by atoms with Crippen molar-refractivity contribution in [3.8, 4) is 0 Å². The molecule has 1 aromatic rings.